The van der Waals surface area contributed by atoms with Gasteiger partial charge in [-0.05, 0) is 91.7 Å². The first-order valence-corrected chi connectivity index (χ1v) is 14.7. The highest BCUT2D eigenvalue weighted by atomic mass is 19.1. The number of piperidine rings is 1. The van der Waals surface area contributed by atoms with E-state index in [1.165, 1.54) is 22.8 Å². The lowest BCUT2D eigenvalue weighted by Gasteiger charge is -2.32. The lowest BCUT2D eigenvalue weighted by molar-refractivity contribution is 0.0825. The van der Waals surface area contributed by atoms with Crippen LogP contribution in [-0.4, -0.2) is 48.5 Å². The Labute approximate surface area is 242 Å². The Morgan fingerprint density at radius 2 is 1.80 bits per heavy atom. The number of nitrogens with zero attached hydrogens (tertiary/aromatic N) is 2. The highest BCUT2D eigenvalue weighted by Crippen LogP contribution is 2.35. The van der Waals surface area contributed by atoms with Crippen molar-refractivity contribution < 1.29 is 13.9 Å². The molecule has 2 fully saturated rings. The Kier molecular flexibility index (Phi) is 8.31. The molecule has 41 heavy (non-hydrogen) atoms. The second-order valence-electron chi connectivity index (χ2n) is 11.3. The molecule has 3 aliphatic rings. The smallest absolute Gasteiger partial charge is 0.258 e. The Morgan fingerprint density at radius 3 is 2.63 bits per heavy atom. The molecule has 0 saturated carbocycles. The largest absolute Gasteiger partial charge is 0.496 e. The van der Waals surface area contributed by atoms with Crippen LogP contribution in [-0.2, 0) is 13.1 Å². The highest BCUT2D eigenvalue weighted by Gasteiger charge is 2.31. The number of carbonyl (C=O) groups excluding carboxylic acids is 1. The highest BCUT2D eigenvalue weighted by molar-refractivity contribution is 5.96. The maximum absolute atomic E-state index is 14.1. The number of rotatable bonds is 8. The zero-order valence-electron chi connectivity index (χ0n) is 23.7. The molecule has 1 N–H and O–H groups in total. The van der Waals surface area contributed by atoms with E-state index in [0.29, 0.717) is 24.6 Å². The van der Waals surface area contributed by atoms with Crippen molar-refractivity contribution in [2.45, 2.75) is 50.7 Å². The van der Waals surface area contributed by atoms with Crippen molar-refractivity contribution >= 4 is 5.91 Å². The van der Waals surface area contributed by atoms with E-state index in [-0.39, 0.29) is 17.8 Å². The van der Waals surface area contributed by atoms with Crippen molar-refractivity contribution in [3.8, 4) is 5.75 Å². The zero-order chi connectivity index (χ0) is 28.2. The number of methoxy groups -OCH3 is 1. The quantitative estimate of drug-likeness (QED) is 0.350. The second-order valence-corrected chi connectivity index (χ2v) is 11.3. The first-order valence-electron chi connectivity index (χ1n) is 14.7. The van der Waals surface area contributed by atoms with Crippen LogP contribution in [0.4, 0.5) is 4.39 Å². The standard InChI is InChI=1S/C35H38FN3O2/c1-41-34-12-5-3-10-31(34)26-15-18-38(19-16-26)24-25-7-6-9-28(21-25)35(40)39-20-17-27-13-14-30(22-33(27)39)37-23-29-8-2-4-11-32(29)36/h2-13,21-22,26,30,37H,14-20,23-24H2,1H3. The van der Waals surface area contributed by atoms with Gasteiger partial charge in [0.15, 0.2) is 0 Å². The number of allylic oxidation sites excluding steroid dienone is 1. The molecular weight excluding hydrogens is 513 g/mol. The lowest BCUT2D eigenvalue weighted by atomic mass is 9.88. The third-order valence-corrected chi connectivity index (χ3v) is 8.71. The van der Waals surface area contributed by atoms with Gasteiger partial charge in [-0.25, -0.2) is 4.39 Å². The number of benzene rings is 3. The van der Waals surface area contributed by atoms with E-state index in [2.05, 4.69) is 52.7 Å². The molecule has 212 valence electrons. The normalized spacial score (nSPS) is 19.5. The Hall–Kier alpha value is -3.74. The van der Waals surface area contributed by atoms with Gasteiger partial charge in [-0.3, -0.25) is 9.69 Å². The second kappa shape index (κ2) is 12.4. The molecule has 0 spiro atoms. The molecule has 0 bridgehead atoms. The summed E-state index contributed by atoms with van der Waals surface area (Å²) in [5, 5.41) is 3.45. The SMILES string of the molecule is COc1ccccc1C1CCN(Cc2cccc(C(=O)N3CCC4=CCC(NCc5ccccc5F)C=C43)c2)CC1. The van der Waals surface area contributed by atoms with Crippen molar-refractivity contribution in [1.29, 1.82) is 0 Å². The number of halogens is 1. The topological polar surface area (TPSA) is 44.8 Å². The maximum atomic E-state index is 14.1. The molecule has 2 aliphatic heterocycles. The van der Waals surface area contributed by atoms with E-state index >= 15 is 0 Å². The van der Waals surface area contributed by atoms with Gasteiger partial charge >= 0.3 is 0 Å². The minimum Gasteiger partial charge on any atom is -0.496 e. The summed E-state index contributed by atoms with van der Waals surface area (Å²) in [5.74, 6) is 1.35. The summed E-state index contributed by atoms with van der Waals surface area (Å²) >= 11 is 0. The van der Waals surface area contributed by atoms with Gasteiger partial charge in [0, 0.05) is 42.5 Å². The van der Waals surface area contributed by atoms with Gasteiger partial charge in [0.2, 0.25) is 0 Å². The fraction of sp³-hybridized carbons (Fsp3) is 0.343. The molecule has 6 rings (SSSR count). The van der Waals surface area contributed by atoms with Crippen molar-refractivity contribution in [1.82, 2.24) is 15.1 Å². The molecule has 3 aromatic carbocycles. The van der Waals surface area contributed by atoms with Crippen LogP contribution in [0.25, 0.3) is 0 Å². The number of hydrogen-bond acceptors (Lipinski definition) is 4. The predicted molar refractivity (Wildman–Crippen MR) is 160 cm³/mol. The monoisotopic (exact) mass is 551 g/mol. The van der Waals surface area contributed by atoms with Gasteiger partial charge in [0.1, 0.15) is 11.6 Å². The summed E-state index contributed by atoms with van der Waals surface area (Å²) in [6.45, 7) is 4.04. The minimum absolute atomic E-state index is 0.0473. The molecule has 1 unspecified atom stereocenters. The number of amides is 1. The molecule has 0 radical (unpaired) electrons. The predicted octanol–water partition coefficient (Wildman–Crippen LogP) is 6.43. The number of likely N-dealkylation sites (tertiary alicyclic amines) is 2. The first kappa shape index (κ1) is 27.4. The minimum atomic E-state index is -0.196. The van der Waals surface area contributed by atoms with Crippen LogP contribution in [0.3, 0.4) is 0 Å². The molecule has 2 heterocycles. The summed E-state index contributed by atoms with van der Waals surface area (Å²) in [6.07, 6.45) is 8.30. The lowest BCUT2D eigenvalue weighted by Crippen LogP contribution is -2.33. The molecule has 1 aliphatic carbocycles. The first-order chi connectivity index (χ1) is 20.1. The van der Waals surface area contributed by atoms with Crippen molar-refractivity contribution in [2.24, 2.45) is 0 Å². The fourth-order valence-corrected chi connectivity index (χ4v) is 6.44. The summed E-state index contributed by atoms with van der Waals surface area (Å²) in [4.78, 5) is 18.1. The van der Waals surface area contributed by atoms with E-state index in [0.717, 1.165) is 62.3 Å². The average Bonchev–Trinajstić information content (AvgIpc) is 3.44. The molecule has 5 nitrogen and oxygen atoms in total. The summed E-state index contributed by atoms with van der Waals surface area (Å²) in [6, 6.07) is 23.4. The summed E-state index contributed by atoms with van der Waals surface area (Å²) < 4.78 is 19.7. The van der Waals surface area contributed by atoms with E-state index in [1.807, 2.05) is 29.2 Å². The molecule has 2 saturated heterocycles. The van der Waals surface area contributed by atoms with Crippen LogP contribution < -0.4 is 10.1 Å². The van der Waals surface area contributed by atoms with E-state index in [1.54, 1.807) is 19.2 Å². The van der Waals surface area contributed by atoms with E-state index < -0.39 is 0 Å². The van der Waals surface area contributed by atoms with Crippen molar-refractivity contribution in [3.05, 3.63) is 124 Å². The van der Waals surface area contributed by atoms with Crippen LogP contribution in [0.5, 0.6) is 5.75 Å². The Bertz CT molecular complexity index is 1460. The molecule has 1 atom stereocenters. The number of carbonyl (C=O) groups is 1. The average molecular weight is 552 g/mol. The third kappa shape index (κ3) is 6.14. The molecule has 3 aromatic rings. The third-order valence-electron chi connectivity index (χ3n) is 8.71. The Morgan fingerprint density at radius 1 is 1.00 bits per heavy atom. The number of hydrogen-bond donors (Lipinski definition) is 1. The van der Waals surface area contributed by atoms with Gasteiger partial charge in [-0.15, -0.1) is 0 Å². The van der Waals surface area contributed by atoms with Crippen molar-refractivity contribution in [2.75, 3.05) is 26.7 Å². The van der Waals surface area contributed by atoms with Gasteiger partial charge in [-0.1, -0.05) is 54.6 Å². The molecule has 6 heteroatoms. The van der Waals surface area contributed by atoms with Crippen LogP contribution >= 0.6 is 0 Å². The maximum Gasteiger partial charge on any atom is 0.258 e. The van der Waals surface area contributed by atoms with Crippen molar-refractivity contribution in [3.63, 3.8) is 0 Å². The van der Waals surface area contributed by atoms with E-state index in [4.69, 9.17) is 4.74 Å². The van der Waals surface area contributed by atoms with Gasteiger partial charge < -0.3 is 15.0 Å². The van der Waals surface area contributed by atoms with Crippen LogP contribution in [0.15, 0.2) is 96.2 Å². The number of ether oxygens (including phenoxy) is 1. The van der Waals surface area contributed by atoms with E-state index in [9.17, 15) is 9.18 Å². The number of nitrogens with one attached hydrogen (secondary N) is 1. The Balaban J connectivity index is 1.08. The summed E-state index contributed by atoms with van der Waals surface area (Å²) in [7, 11) is 1.75. The molecule has 1 amide bonds. The summed E-state index contributed by atoms with van der Waals surface area (Å²) in [5.41, 5.74) is 6.09. The van der Waals surface area contributed by atoms with Gasteiger partial charge in [-0.2, -0.15) is 0 Å². The molecule has 0 aromatic heterocycles. The van der Waals surface area contributed by atoms with Gasteiger partial charge in [0.25, 0.3) is 5.91 Å². The number of fused-ring (bicyclic) bond motifs is 1. The van der Waals surface area contributed by atoms with Crippen LogP contribution in [0, 0.1) is 5.82 Å². The van der Waals surface area contributed by atoms with Crippen LogP contribution in [0.2, 0.25) is 0 Å². The molecular formula is C35H38FN3O2. The van der Waals surface area contributed by atoms with Gasteiger partial charge in [0.05, 0.1) is 7.11 Å². The zero-order valence-corrected chi connectivity index (χ0v) is 23.7. The fourth-order valence-electron chi connectivity index (χ4n) is 6.44. The van der Waals surface area contributed by atoms with Crippen LogP contribution in [0.1, 0.15) is 58.6 Å². The number of para-hydroxylation sites is 1.